The zero-order valence-corrected chi connectivity index (χ0v) is 23.8. The Hall–Kier alpha value is -5.93. The van der Waals surface area contributed by atoms with E-state index in [4.69, 9.17) is 15.0 Å². The highest BCUT2D eigenvalue weighted by molar-refractivity contribution is 6.12. The number of nitrogens with zero attached hydrogens (tertiary/aromatic N) is 3. The molecule has 0 unspecified atom stereocenters. The molecule has 44 heavy (non-hydrogen) atoms. The lowest BCUT2D eigenvalue weighted by atomic mass is 9.96. The van der Waals surface area contributed by atoms with Crippen molar-refractivity contribution in [2.24, 2.45) is 0 Å². The highest BCUT2D eigenvalue weighted by atomic mass is 14.9. The predicted octanol–water partition coefficient (Wildman–Crippen LogP) is 10.6. The van der Waals surface area contributed by atoms with Gasteiger partial charge in [0.05, 0.1) is 16.7 Å². The summed E-state index contributed by atoms with van der Waals surface area (Å²) in [6.07, 6.45) is 0. The van der Waals surface area contributed by atoms with Crippen LogP contribution in [0.15, 0.2) is 152 Å². The molecule has 9 aromatic rings. The number of fused-ring (bicyclic) bond motifs is 6. The lowest BCUT2D eigenvalue weighted by molar-refractivity contribution is 1.22. The van der Waals surface area contributed by atoms with Crippen LogP contribution in [-0.4, -0.2) is 15.0 Å². The van der Waals surface area contributed by atoms with Crippen LogP contribution in [0.25, 0.3) is 88.0 Å². The quantitative estimate of drug-likeness (QED) is 0.202. The average molecular weight is 560 g/mol. The summed E-state index contributed by atoms with van der Waals surface area (Å²) >= 11 is 0. The van der Waals surface area contributed by atoms with Gasteiger partial charge in [0, 0.05) is 16.3 Å². The topological polar surface area (TPSA) is 38.7 Å². The molecule has 0 aliphatic rings. The summed E-state index contributed by atoms with van der Waals surface area (Å²) in [5, 5.41) is 9.31. The van der Waals surface area contributed by atoms with E-state index in [-0.39, 0.29) is 0 Å². The third-order valence-corrected chi connectivity index (χ3v) is 8.65. The van der Waals surface area contributed by atoms with Gasteiger partial charge in [-0.1, -0.05) is 127 Å². The predicted molar refractivity (Wildman–Crippen MR) is 184 cm³/mol. The number of benzene rings is 7. The van der Waals surface area contributed by atoms with E-state index < -0.39 is 0 Å². The first-order chi connectivity index (χ1) is 21.8. The molecular formula is C41H25N3. The minimum atomic E-state index is 0.696. The molecule has 0 saturated heterocycles. The SMILES string of the molecule is c1ccc2cc(-c3cc(-c4nc(-c5cccc6c5ccc5ccccc56)nc5ccccc45)nc4ccccc34)ccc2c1. The van der Waals surface area contributed by atoms with Crippen LogP contribution in [0.1, 0.15) is 0 Å². The van der Waals surface area contributed by atoms with Crippen molar-refractivity contribution in [1.82, 2.24) is 15.0 Å². The van der Waals surface area contributed by atoms with Crippen LogP contribution < -0.4 is 0 Å². The Morgan fingerprint density at radius 3 is 1.86 bits per heavy atom. The van der Waals surface area contributed by atoms with Crippen LogP contribution in [0.2, 0.25) is 0 Å². The number of hydrogen-bond acceptors (Lipinski definition) is 3. The molecule has 0 saturated carbocycles. The van der Waals surface area contributed by atoms with Crippen LogP contribution in [-0.2, 0) is 0 Å². The molecule has 9 rings (SSSR count). The number of pyridine rings is 1. The van der Waals surface area contributed by atoms with Crippen molar-refractivity contribution < 1.29 is 0 Å². The molecule has 0 atom stereocenters. The molecular weight excluding hydrogens is 534 g/mol. The zero-order chi connectivity index (χ0) is 29.0. The van der Waals surface area contributed by atoms with Gasteiger partial charge in [0.2, 0.25) is 0 Å². The van der Waals surface area contributed by atoms with Crippen molar-refractivity contribution in [2.75, 3.05) is 0 Å². The van der Waals surface area contributed by atoms with Crippen molar-refractivity contribution in [3.63, 3.8) is 0 Å². The Kier molecular flexibility index (Phi) is 5.50. The summed E-state index contributed by atoms with van der Waals surface area (Å²) in [7, 11) is 0. The van der Waals surface area contributed by atoms with Crippen molar-refractivity contribution in [1.29, 1.82) is 0 Å². The van der Waals surface area contributed by atoms with Gasteiger partial charge < -0.3 is 0 Å². The van der Waals surface area contributed by atoms with Gasteiger partial charge in [-0.15, -0.1) is 0 Å². The Bertz CT molecular complexity index is 2570. The average Bonchev–Trinajstić information content (AvgIpc) is 3.10. The van der Waals surface area contributed by atoms with Crippen LogP contribution >= 0.6 is 0 Å². The minimum Gasteiger partial charge on any atom is -0.246 e. The first-order valence-electron chi connectivity index (χ1n) is 14.9. The Labute approximate surface area is 254 Å². The van der Waals surface area contributed by atoms with E-state index in [1.165, 1.54) is 26.9 Å². The highest BCUT2D eigenvalue weighted by Gasteiger charge is 2.17. The van der Waals surface area contributed by atoms with Crippen molar-refractivity contribution in [3.05, 3.63) is 152 Å². The molecule has 3 nitrogen and oxygen atoms in total. The van der Waals surface area contributed by atoms with E-state index in [9.17, 15) is 0 Å². The third-order valence-electron chi connectivity index (χ3n) is 8.65. The maximum atomic E-state index is 5.29. The molecule has 204 valence electrons. The van der Waals surface area contributed by atoms with Crippen LogP contribution in [0.3, 0.4) is 0 Å². The number of para-hydroxylation sites is 2. The third kappa shape index (κ3) is 3.94. The number of aromatic nitrogens is 3. The number of hydrogen-bond donors (Lipinski definition) is 0. The Morgan fingerprint density at radius 2 is 1.00 bits per heavy atom. The van der Waals surface area contributed by atoms with E-state index in [0.29, 0.717) is 5.82 Å². The van der Waals surface area contributed by atoms with Gasteiger partial charge in [-0.2, -0.15) is 0 Å². The molecule has 0 spiro atoms. The van der Waals surface area contributed by atoms with E-state index in [2.05, 4.69) is 133 Å². The first kappa shape index (κ1) is 24.6. The summed E-state index contributed by atoms with van der Waals surface area (Å²) in [6, 6.07) is 53.3. The van der Waals surface area contributed by atoms with Crippen molar-refractivity contribution in [2.45, 2.75) is 0 Å². The molecule has 3 heteroatoms. The van der Waals surface area contributed by atoms with E-state index in [1.54, 1.807) is 0 Å². The largest absolute Gasteiger partial charge is 0.246 e. The highest BCUT2D eigenvalue weighted by Crippen LogP contribution is 2.37. The van der Waals surface area contributed by atoms with Gasteiger partial charge in [0.15, 0.2) is 5.82 Å². The van der Waals surface area contributed by atoms with Gasteiger partial charge in [-0.25, -0.2) is 15.0 Å². The zero-order valence-electron chi connectivity index (χ0n) is 23.8. The molecule has 2 aromatic heterocycles. The molecule has 0 fully saturated rings. The minimum absolute atomic E-state index is 0.696. The summed E-state index contributed by atoms with van der Waals surface area (Å²) in [4.78, 5) is 15.6. The second-order valence-corrected chi connectivity index (χ2v) is 11.2. The lowest BCUT2D eigenvalue weighted by Gasteiger charge is -2.14. The second kappa shape index (κ2) is 9.82. The summed E-state index contributed by atoms with van der Waals surface area (Å²) in [6.45, 7) is 0. The molecule has 0 amide bonds. The maximum absolute atomic E-state index is 5.29. The van der Waals surface area contributed by atoms with Crippen molar-refractivity contribution in [3.8, 4) is 33.9 Å². The molecule has 0 radical (unpaired) electrons. The van der Waals surface area contributed by atoms with Gasteiger partial charge in [0.1, 0.15) is 5.69 Å². The lowest BCUT2D eigenvalue weighted by Crippen LogP contribution is -1.98. The Balaban J connectivity index is 1.31. The maximum Gasteiger partial charge on any atom is 0.161 e. The molecule has 0 aliphatic carbocycles. The molecule has 7 aromatic carbocycles. The summed E-state index contributed by atoms with van der Waals surface area (Å²) in [5.41, 5.74) is 6.80. The molecule has 0 aliphatic heterocycles. The van der Waals surface area contributed by atoms with E-state index >= 15 is 0 Å². The van der Waals surface area contributed by atoms with Crippen molar-refractivity contribution >= 4 is 54.1 Å². The monoisotopic (exact) mass is 559 g/mol. The van der Waals surface area contributed by atoms with Crippen LogP contribution in [0.5, 0.6) is 0 Å². The van der Waals surface area contributed by atoms with Crippen LogP contribution in [0.4, 0.5) is 0 Å². The second-order valence-electron chi connectivity index (χ2n) is 11.2. The van der Waals surface area contributed by atoms with Gasteiger partial charge >= 0.3 is 0 Å². The van der Waals surface area contributed by atoms with Gasteiger partial charge in [0.25, 0.3) is 0 Å². The van der Waals surface area contributed by atoms with E-state index in [0.717, 1.165) is 55.3 Å². The first-order valence-corrected chi connectivity index (χ1v) is 14.9. The summed E-state index contributed by atoms with van der Waals surface area (Å²) in [5.74, 6) is 0.696. The molecule has 0 N–H and O–H groups in total. The standard InChI is InChI=1S/C41H25N3/c1-2-12-28-24-29(21-20-26(28)10-1)36-25-39(42-37-18-7-5-14-33(36)37)40-35-15-6-8-19-38(35)43-41(44-40)34-17-9-16-31-30-13-4-3-11-27(30)22-23-32(31)34/h1-25H. The fraction of sp³-hybridized carbons (Fsp3) is 0. The normalized spacial score (nSPS) is 11.6. The van der Waals surface area contributed by atoms with Gasteiger partial charge in [-0.05, 0) is 67.7 Å². The fourth-order valence-electron chi connectivity index (χ4n) is 6.52. The van der Waals surface area contributed by atoms with Gasteiger partial charge in [-0.3, -0.25) is 0 Å². The molecule has 2 heterocycles. The molecule has 0 bridgehead atoms. The number of rotatable bonds is 3. The Morgan fingerprint density at radius 1 is 0.341 bits per heavy atom. The van der Waals surface area contributed by atoms with E-state index in [1.807, 2.05) is 18.2 Å². The van der Waals surface area contributed by atoms with Crippen LogP contribution in [0, 0.1) is 0 Å². The fourth-order valence-corrected chi connectivity index (χ4v) is 6.52. The summed E-state index contributed by atoms with van der Waals surface area (Å²) < 4.78 is 0. The smallest absolute Gasteiger partial charge is 0.161 e.